The number of imidazole rings is 1. The summed E-state index contributed by atoms with van der Waals surface area (Å²) in [5.74, 6) is -1.29. The molecule has 1 aromatic carbocycles. The molecule has 1 aliphatic rings. The van der Waals surface area contributed by atoms with Crippen molar-refractivity contribution in [2.75, 3.05) is 6.54 Å². The second kappa shape index (κ2) is 10.2. The van der Waals surface area contributed by atoms with E-state index < -0.39 is 34.8 Å². The van der Waals surface area contributed by atoms with E-state index in [2.05, 4.69) is 4.98 Å². The number of hydrogen-bond donors (Lipinski definition) is 1. The normalized spacial score (nSPS) is 20.2. The highest BCUT2D eigenvalue weighted by molar-refractivity contribution is 5.88. The van der Waals surface area contributed by atoms with Crippen molar-refractivity contribution in [1.82, 2.24) is 14.5 Å². The fourth-order valence-electron chi connectivity index (χ4n) is 4.44. The van der Waals surface area contributed by atoms with E-state index >= 15 is 0 Å². The predicted octanol–water partition coefficient (Wildman–Crippen LogP) is 5.72. The minimum absolute atomic E-state index is 0.0494. The molecular weight excluding hydrogens is 474 g/mol. The maximum atomic E-state index is 12.8. The third kappa shape index (κ3) is 6.90. The number of aromatic nitrogens is 2. The molecule has 1 saturated carbocycles. The van der Waals surface area contributed by atoms with Crippen molar-refractivity contribution in [1.29, 1.82) is 0 Å². The first-order chi connectivity index (χ1) is 17.0. The SMILES string of the molecule is Cc1ccc(-n2cnc([C@@]3(C(=O)O)C[C@@H]3CC(C)CN(C(=O)OC(C)(C)C)C(=O)OC(C)(C)C)c2)cc1. The molecule has 202 valence electrons. The minimum atomic E-state index is -1.09. The summed E-state index contributed by atoms with van der Waals surface area (Å²) < 4.78 is 12.7. The number of imide groups is 1. The number of aliphatic carboxylic acids is 1. The minimum Gasteiger partial charge on any atom is -0.481 e. The number of hydrogen-bond acceptors (Lipinski definition) is 6. The van der Waals surface area contributed by atoms with Crippen molar-refractivity contribution < 1.29 is 29.0 Å². The average Bonchev–Trinajstić information content (AvgIpc) is 3.24. The van der Waals surface area contributed by atoms with Crippen LogP contribution >= 0.6 is 0 Å². The second-order valence-electron chi connectivity index (χ2n) is 12.1. The molecule has 0 spiro atoms. The Hall–Kier alpha value is -3.36. The smallest absolute Gasteiger partial charge is 0.419 e. The van der Waals surface area contributed by atoms with Crippen LogP contribution in [0.2, 0.25) is 0 Å². The van der Waals surface area contributed by atoms with Crippen molar-refractivity contribution in [3.8, 4) is 5.69 Å². The van der Waals surface area contributed by atoms with Gasteiger partial charge in [-0.2, -0.15) is 0 Å². The second-order valence-corrected chi connectivity index (χ2v) is 12.1. The summed E-state index contributed by atoms with van der Waals surface area (Å²) in [5.41, 5.74) is -0.117. The molecule has 1 heterocycles. The Kier molecular flexibility index (Phi) is 7.77. The first kappa shape index (κ1) is 28.2. The summed E-state index contributed by atoms with van der Waals surface area (Å²) >= 11 is 0. The summed E-state index contributed by atoms with van der Waals surface area (Å²) in [7, 11) is 0. The first-order valence-corrected chi connectivity index (χ1v) is 12.6. The van der Waals surface area contributed by atoms with Crippen LogP contribution in [0.3, 0.4) is 0 Å². The number of aryl methyl sites for hydroxylation is 1. The fraction of sp³-hybridized carbons (Fsp3) is 0.571. The quantitative estimate of drug-likeness (QED) is 0.504. The lowest BCUT2D eigenvalue weighted by molar-refractivity contribution is -0.140. The summed E-state index contributed by atoms with van der Waals surface area (Å²) in [4.78, 5) is 43.5. The van der Waals surface area contributed by atoms with Crippen LogP contribution in [0.15, 0.2) is 36.8 Å². The van der Waals surface area contributed by atoms with E-state index in [0.717, 1.165) is 16.2 Å². The highest BCUT2D eigenvalue weighted by atomic mass is 16.6. The van der Waals surface area contributed by atoms with Crippen LogP contribution in [0.25, 0.3) is 5.69 Å². The van der Waals surface area contributed by atoms with Crippen LogP contribution in [0.1, 0.15) is 72.6 Å². The van der Waals surface area contributed by atoms with E-state index in [-0.39, 0.29) is 18.4 Å². The molecule has 37 heavy (non-hydrogen) atoms. The number of carboxylic acid groups (broad SMARTS) is 1. The van der Waals surface area contributed by atoms with E-state index in [9.17, 15) is 19.5 Å². The van der Waals surface area contributed by atoms with Crippen LogP contribution in [-0.2, 0) is 19.7 Å². The molecular formula is C28H39N3O6. The monoisotopic (exact) mass is 513 g/mol. The number of ether oxygens (including phenoxy) is 2. The molecule has 0 bridgehead atoms. The summed E-state index contributed by atoms with van der Waals surface area (Å²) in [5, 5.41) is 10.2. The lowest BCUT2D eigenvalue weighted by Gasteiger charge is -2.30. The number of benzene rings is 1. The summed E-state index contributed by atoms with van der Waals surface area (Å²) in [6.07, 6.45) is 2.77. The van der Waals surface area contributed by atoms with Crippen molar-refractivity contribution in [2.45, 2.75) is 84.8 Å². The molecule has 1 fully saturated rings. The molecule has 0 radical (unpaired) electrons. The van der Waals surface area contributed by atoms with Gasteiger partial charge in [-0.05, 0) is 85.3 Å². The summed E-state index contributed by atoms with van der Waals surface area (Å²) in [6, 6.07) is 7.90. The largest absolute Gasteiger partial charge is 0.481 e. The lowest BCUT2D eigenvalue weighted by Crippen LogP contribution is -2.45. The molecule has 3 rings (SSSR count). The lowest BCUT2D eigenvalue weighted by atomic mass is 9.94. The number of amides is 2. The van der Waals surface area contributed by atoms with Crippen molar-refractivity contribution in [3.63, 3.8) is 0 Å². The van der Waals surface area contributed by atoms with Crippen molar-refractivity contribution >= 4 is 18.2 Å². The van der Waals surface area contributed by atoms with Gasteiger partial charge < -0.3 is 19.1 Å². The van der Waals surface area contributed by atoms with E-state index in [1.54, 1.807) is 54.1 Å². The van der Waals surface area contributed by atoms with Crippen molar-refractivity contribution in [2.24, 2.45) is 11.8 Å². The van der Waals surface area contributed by atoms with Crippen LogP contribution < -0.4 is 0 Å². The molecule has 9 nitrogen and oxygen atoms in total. The van der Waals surface area contributed by atoms with Gasteiger partial charge in [-0.25, -0.2) is 19.5 Å². The number of rotatable bonds is 7. The summed E-state index contributed by atoms with van der Waals surface area (Å²) in [6.45, 7) is 14.3. The van der Waals surface area contributed by atoms with E-state index in [4.69, 9.17) is 9.47 Å². The van der Waals surface area contributed by atoms with Gasteiger partial charge in [-0.1, -0.05) is 24.6 Å². The molecule has 0 aliphatic heterocycles. The molecule has 1 aromatic heterocycles. The maximum absolute atomic E-state index is 12.8. The number of nitrogens with zero attached hydrogens (tertiary/aromatic N) is 3. The maximum Gasteiger partial charge on any atom is 0.419 e. The Morgan fingerprint density at radius 1 is 1.08 bits per heavy atom. The van der Waals surface area contributed by atoms with E-state index in [1.807, 2.05) is 42.7 Å². The Bertz CT molecular complexity index is 1110. The van der Waals surface area contributed by atoms with Crippen LogP contribution in [0.5, 0.6) is 0 Å². The van der Waals surface area contributed by atoms with Gasteiger partial charge in [0.15, 0.2) is 0 Å². The Morgan fingerprint density at radius 2 is 1.62 bits per heavy atom. The van der Waals surface area contributed by atoms with Gasteiger partial charge in [0.1, 0.15) is 16.6 Å². The van der Waals surface area contributed by atoms with E-state index in [0.29, 0.717) is 18.5 Å². The number of carbonyl (C=O) groups excluding carboxylic acids is 2. The molecule has 2 aromatic rings. The highest BCUT2D eigenvalue weighted by Gasteiger charge is 2.63. The van der Waals surface area contributed by atoms with Gasteiger partial charge in [0, 0.05) is 18.4 Å². The Morgan fingerprint density at radius 3 is 2.11 bits per heavy atom. The molecule has 3 atom stereocenters. The van der Waals surface area contributed by atoms with Gasteiger partial charge in [0.05, 0.1) is 12.0 Å². The van der Waals surface area contributed by atoms with Crippen molar-refractivity contribution in [3.05, 3.63) is 48.0 Å². The molecule has 1 N–H and O–H groups in total. The van der Waals surface area contributed by atoms with Gasteiger partial charge in [-0.15, -0.1) is 0 Å². The zero-order valence-electron chi connectivity index (χ0n) is 23.1. The standard InChI is InChI=1S/C28H39N3O6/c1-18-9-11-21(12-10-18)30-16-22(29-17-30)28(23(32)33)14-20(28)13-19(2)15-31(24(34)36-26(3,4)5)25(35)37-27(6,7)8/h9-12,16-17,19-20H,13-15H2,1-8H3,(H,32,33)/t19?,20-,28+/m0/s1. The molecule has 0 saturated heterocycles. The topological polar surface area (TPSA) is 111 Å². The molecule has 9 heteroatoms. The van der Waals surface area contributed by atoms with E-state index in [1.165, 1.54) is 0 Å². The van der Waals surface area contributed by atoms with Crippen LogP contribution in [0.4, 0.5) is 9.59 Å². The number of carboxylic acids is 1. The Balaban J connectivity index is 1.74. The molecule has 1 unspecified atom stereocenters. The predicted molar refractivity (Wildman–Crippen MR) is 139 cm³/mol. The third-order valence-corrected chi connectivity index (χ3v) is 6.27. The number of carbonyl (C=O) groups is 3. The fourth-order valence-corrected chi connectivity index (χ4v) is 4.44. The highest BCUT2D eigenvalue weighted by Crippen LogP contribution is 2.57. The molecule has 1 aliphatic carbocycles. The van der Waals surface area contributed by atoms with Gasteiger partial charge >= 0.3 is 18.2 Å². The van der Waals surface area contributed by atoms with Crippen LogP contribution in [-0.4, -0.2) is 55.5 Å². The zero-order chi connectivity index (χ0) is 27.8. The first-order valence-electron chi connectivity index (χ1n) is 12.6. The molecule has 2 amide bonds. The van der Waals surface area contributed by atoms with Gasteiger partial charge in [0.2, 0.25) is 0 Å². The van der Waals surface area contributed by atoms with Gasteiger partial charge in [0.25, 0.3) is 0 Å². The zero-order valence-corrected chi connectivity index (χ0v) is 23.1. The third-order valence-electron chi connectivity index (χ3n) is 6.27. The Labute approximate surface area is 218 Å². The van der Waals surface area contributed by atoms with Gasteiger partial charge in [-0.3, -0.25) is 4.79 Å². The van der Waals surface area contributed by atoms with Crippen LogP contribution in [0, 0.1) is 18.8 Å². The average molecular weight is 514 g/mol.